The number of carboxylic acids is 2. The van der Waals surface area contributed by atoms with E-state index in [1.807, 2.05) is 41.6 Å². The van der Waals surface area contributed by atoms with Gasteiger partial charge in [-0.1, -0.05) is 0 Å². The summed E-state index contributed by atoms with van der Waals surface area (Å²) in [7, 11) is 1.98. The van der Waals surface area contributed by atoms with E-state index in [0.717, 1.165) is 55.3 Å². The van der Waals surface area contributed by atoms with Crippen LogP contribution in [0.2, 0.25) is 0 Å². The monoisotopic (exact) mass is 650 g/mol. The van der Waals surface area contributed by atoms with Crippen molar-refractivity contribution in [2.24, 2.45) is 12.5 Å². The van der Waals surface area contributed by atoms with Crippen molar-refractivity contribution in [2.45, 2.75) is 44.2 Å². The molecule has 0 aliphatic carbocycles. The first-order valence-corrected chi connectivity index (χ1v) is 13.8. The number of alkyl halides is 6. The van der Waals surface area contributed by atoms with Gasteiger partial charge in [0.25, 0.3) is 0 Å². The van der Waals surface area contributed by atoms with Crippen molar-refractivity contribution in [3.05, 3.63) is 64.6 Å². The van der Waals surface area contributed by atoms with Crippen molar-refractivity contribution in [3.8, 4) is 0 Å². The lowest BCUT2D eigenvalue weighted by molar-refractivity contribution is -0.193. The van der Waals surface area contributed by atoms with Crippen LogP contribution in [0.4, 0.5) is 26.3 Å². The van der Waals surface area contributed by atoms with Crippen LogP contribution in [0.15, 0.2) is 48.4 Å². The molecule has 5 heterocycles. The van der Waals surface area contributed by atoms with E-state index in [2.05, 4.69) is 30.9 Å². The lowest BCUT2D eigenvalue weighted by atomic mass is 9.70. The molecule has 2 fully saturated rings. The number of hydrogen-bond acceptors (Lipinski definition) is 8. The Hall–Kier alpha value is -4.06. The second kappa shape index (κ2) is 14.1. The molecule has 3 aromatic heterocycles. The highest BCUT2D eigenvalue weighted by atomic mass is 32.1. The summed E-state index contributed by atoms with van der Waals surface area (Å²) in [4.78, 5) is 44.8. The van der Waals surface area contributed by atoms with E-state index < -0.39 is 29.7 Å². The second-order valence-corrected chi connectivity index (χ2v) is 11.0. The van der Waals surface area contributed by atoms with E-state index in [4.69, 9.17) is 19.8 Å². The Labute approximate surface area is 250 Å². The van der Waals surface area contributed by atoms with Gasteiger partial charge in [-0.25, -0.2) is 14.6 Å². The predicted molar refractivity (Wildman–Crippen MR) is 142 cm³/mol. The largest absolute Gasteiger partial charge is 0.490 e. The Balaban J connectivity index is 0.000000317. The molecule has 2 aliphatic heterocycles. The van der Waals surface area contributed by atoms with E-state index in [-0.39, 0.29) is 11.8 Å². The Morgan fingerprint density at radius 1 is 1.00 bits per heavy atom. The number of rotatable bonds is 5. The van der Waals surface area contributed by atoms with E-state index in [1.165, 1.54) is 0 Å². The highest BCUT2D eigenvalue weighted by molar-refractivity contribution is 7.09. The third kappa shape index (κ3) is 8.75. The van der Waals surface area contributed by atoms with Gasteiger partial charge in [0.1, 0.15) is 5.01 Å². The Morgan fingerprint density at radius 3 is 2.11 bits per heavy atom. The van der Waals surface area contributed by atoms with E-state index in [0.29, 0.717) is 6.54 Å². The molecule has 2 saturated heterocycles. The van der Waals surface area contributed by atoms with Crippen molar-refractivity contribution >= 4 is 29.2 Å². The molecule has 0 unspecified atom stereocenters. The Morgan fingerprint density at radius 2 is 1.61 bits per heavy atom. The average Bonchev–Trinajstić information content (AvgIpc) is 3.68. The predicted octanol–water partition coefficient (Wildman–Crippen LogP) is 3.95. The molecule has 0 bridgehead atoms. The number of hydrogen-bond donors (Lipinski definition) is 2. The number of pyridine rings is 1. The number of nitrogens with zero attached hydrogens (tertiary/aromatic N) is 6. The molecule has 0 radical (unpaired) electrons. The molecule has 5 rings (SSSR count). The zero-order valence-corrected chi connectivity index (χ0v) is 23.9. The minimum atomic E-state index is -5.08. The van der Waals surface area contributed by atoms with E-state index in [1.54, 1.807) is 23.7 Å². The summed E-state index contributed by atoms with van der Waals surface area (Å²) in [6.45, 7) is 3.88. The molecule has 44 heavy (non-hydrogen) atoms. The van der Waals surface area contributed by atoms with Crippen molar-refractivity contribution in [1.82, 2.24) is 29.5 Å². The molecular weight excluding hydrogens is 622 g/mol. The molecular formula is C26H28F6N6O5S. The molecule has 3 aromatic rings. The third-order valence-electron chi connectivity index (χ3n) is 7.04. The fraction of sp³-hybridized carbons (Fsp3) is 0.462. The Bertz CT molecular complexity index is 1380. The maximum absolute atomic E-state index is 14.0. The van der Waals surface area contributed by atoms with Crippen LogP contribution < -0.4 is 0 Å². The molecule has 11 nitrogen and oxygen atoms in total. The van der Waals surface area contributed by atoms with Crippen LogP contribution in [0.1, 0.15) is 35.0 Å². The fourth-order valence-electron chi connectivity index (χ4n) is 5.19. The van der Waals surface area contributed by atoms with Gasteiger partial charge >= 0.3 is 24.3 Å². The number of likely N-dealkylation sites (tertiary alicyclic amines) is 2. The lowest BCUT2D eigenvalue weighted by Gasteiger charge is -2.42. The molecule has 1 amide bonds. The summed E-state index contributed by atoms with van der Waals surface area (Å²) in [5, 5.41) is 21.8. The lowest BCUT2D eigenvalue weighted by Crippen LogP contribution is -2.52. The summed E-state index contributed by atoms with van der Waals surface area (Å²) < 4.78 is 65.4. The average molecular weight is 651 g/mol. The van der Waals surface area contributed by atoms with Gasteiger partial charge in [0.05, 0.1) is 12.0 Å². The maximum atomic E-state index is 14.0. The molecule has 0 saturated carbocycles. The van der Waals surface area contributed by atoms with Crippen molar-refractivity contribution in [1.29, 1.82) is 0 Å². The Kier molecular flexibility index (Phi) is 11.1. The third-order valence-corrected chi connectivity index (χ3v) is 7.81. The van der Waals surface area contributed by atoms with Crippen LogP contribution in [-0.4, -0.2) is 89.6 Å². The molecule has 18 heteroatoms. The minimum Gasteiger partial charge on any atom is -0.475 e. The van der Waals surface area contributed by atoms with Gasteiger partial charge in [-0.05, 0) is 36.6 Å². The SMILES string of the molecule is Cn1nccc1[C@@H]1CN(Cc2nccs2)C[C@]12CCCN(Cc1ccncc1)C2=O.O=C(O)C(F)(F)F.O=C(O)C(F)(F)F. The number of amides is 1. The van der Waals surface area contributed by atoms with Crippen LogP contribution in [0.25, 0.3) is 0 Å². The van der Waals surface area contributed by atoms with Gasteiger partial charge in [-0.15, -0.1) is 11.3 Å². The summed E-state index contributed by atoms with van der Waals surface area (Å²) in [5.74, 6) is -5.10. The highest BCUT2D eigenvalue weighted by Gasteiger charge is 2.56. The molecule has 240 valence electrons. The standard InChI is InChI=1S/C22H26N6OS.2C2HF3O2/c1-26-19(5-9-25-26)18-14-27(15-20-24-10-12-30-20)16-22(18)6-2-11-28(21(22)29)13-17-3-7-23-8-4-17;2*3-2(4,5)1(6)7/h3-5,7-10,12,18H,2,6,11,13-16H2,1H3;2*(H,6,7)/t18-,22+;;/m0../s1. The zero-order valence-electron chi connectivity index (χ0n) is 23.1. The fourth-order valence-corrected chi connectivity index (χ4v) is 5.85. The number of aliphatic carboxylic acids is 2. The summed E-state index contributed by atoms with van der Waals surface area (Å²) >= 11 is 1.68. The molecule has 1 spiro atoms. The normalized spacial score (nSPS) is 20.5. The first kappa shape index (κ1) is 34.4. The van der Waals surface area contributed by atoms with Crippen molar-refractivity contribution < 1.29 is 50.9 Å². The molecule has 2 aliphatic rings. The highest BCUT2D eigenvalue weighted by Crippen LogP contribution is 2.49. The number of carbonyl (C=O) groups is 3. The van der Waals surface area contributed by atoms with Crippen LogP contribution in [-0.2, 0) is 34.5 Å². The van der Waals surface area contributed by atoms with Crippen molar-refractivity contribution in [2.75, 3.05) is 19.6 Å². The summed E-state index contributed by atoms with van der Waals surface area (Å²) in [5.41, 5.74) is 1.87. The van der Waals surface area contributed by atoms with Crippen LogP contribution in [0.3, 0.4) is 0 Å². The van der Waals surface area contributed by atoms with Crippen LogP contribution >= 0.6 is 11.3 Å². The quantitative estimate of drug-likeness (QED) is 0.393. The first-order valence-electron chi connectivity index (χ1n) is 12.9. The van der Waals surface area contributed by atoms with Gasteiger partial charge in [0.15, 0.2) is 0 Å². The molecule has 2 atom stereocenters. The van der Waals surface area contributed by atoms with Gasteiger partial charge in [-0.3, -0.25) is 19.4 Å². The van der Waals surface area contributed by atoms with Gasteiger partial charge in [0.2, 0.25) is 5.91 Å². The zero-order chi connectivity index (χ0) is 32.7. The number of thiazole rings is 1. The number of aromatic nitrogens is 4. The van der Waals surface area contributed by atoms with E-state index in [9.17, 15) is 31.1 Å². The van der Waals surface area contributed by atoms with Gasteiger partial charge < -0.3 is 15.1 Å². The number of halogens is 6. The topological polar surface area (TPSA) is 142 Å². The number of carbonyl (C=O) groups excluding carboxylic acids is 1. The molecule has 2 N–H and O–H groups in total. The summed E-state index contributed by atoms with van der Waals surface area (Å²) in [6.07, 6.45) is -0.938. The summed E-state index contributed by atoms with van der Waals surface area (Å²) in [6, 6.07) is 6.07. The number of piperidine rings is 1. The second-order valence-electron chi connectivity index (χ2n) is 9.98. The van der Waals surface area contributed by atoms with Crippen LogP contribution in [0, 0.1) is 5.41 Å². The minimum absolute atomic E-state index is 0.137. The number of aryl methyl sites for hydroxylation is 1. The first-order chi connectivity index (χ1) is 20.5. The van der Waals surface area contributed by atoms with Gasteiger partial charge in [0, 0.05) is 75.0 Å². The van der Waals surface area contributed by atoms with Crippen LogP contribution in [0.5, 0.6) is 0 Å². The maximum Gasteiger partial charge on any atom is 0.490 e. The number of carboxylic acid groups (broad SMARTS) is 2. The van der Waals surface area contributed by atoms with Gasteiger partial charge in [-0.2, -0.15) is 31.4 Å². The molecule has 0 aromatic carbocycles. The smallest absolute Gasteiger partial charge is 0.475 e. The van der Waals surface area contributed by atoms with Crippen molar-refractivity contribution in [3.63, 3.8) is 0 Å². The van der Waals surface area contributed by atoms with E-state index >= 15 is 0 Å².